The topological polar surface area (TPSA) is 47.4 Å². The Bertz CT molecular complexity index is 861. The minimum Gasteiger partial charge on any atom is -0.377 e. The summed E-state index contributed by atoms with van der Waals surface area (Å²) in [7, 11) is 0. The number of aryl methyl sites for hydroxylation is 2. The van der Waals surface area contributed by atoms with Gasteiger partial charge < -0.3 is 9.64 Å². The summed E-state index contributed by atoms with van der Waals surface area (Å²) in [4.78, 5) is 14.7. The molecule has 0 spiro atoms. The number of rotatable bonds is 4. The average Bonchev–Trinajstić information content (AvgIpc) is 2.88. The minimum absolute atomic E-state index is 0.0648. The fraction of sp³-hybridized carbons (Fsp3) is 0.500. The fourth-order valence-electron chi connectivity index (χ4n) is 3.73. The summed E-state index contributed by atoms with van der Waals surface area (Å²) in [5, 5.41) is 4.07. The highest BCUT2D eigenvalue weighted by molar-refractivity contribution is 5.80. The first kappa shape index (κ1) is 20.4. The molecule has 1 aliphatic rings. The van der Waals surface area contributed by atoms with Gasteiger partial charge in [-0.1, -0.05) is 24.3 Å². The maximum Gasteiger partial charge on any atom is 0.408 e. The van der Waals surface area contributed by atoms with Crippen LogP contribution in [0, 0.1) is 20.8 Å². The predicted molar refractivity (Wildman–Crippen MR) is 97.9 cm³/mol. The van der Waals surface area contributed by atoms with E-state index in [1.807, 2.05) is 31.2 Å². The van der Waals surface area contributed by atoms with E-state index in [1.54, 1.807) is 18.7 Å². The SMILES string of the molecule is Cc1ccccc1CC(=O)N1CCOC[C@@H]1c1c(C)nn(CC(F)(F)F)c1C. The molecule has 1 fully saturated rings. The molecule has 1 aromatic carbocycles. The third-order valence-electron chi connectivity index (χ3n) is 5.15. The first-order chi connectivity index (χ1) is 13.2. The summed E-state index contributed by atoms with van der Waals surface area (Å²) < 4.78 is 45.0. The van der Waals surface area contributed by atoms with Crippen LogP contribution in [0.5, 0.6) is 0 Å². The molecule has 2 heterocycles. The van der Waals surface area contributed by atoms with Crippen molar-refractivity contribution in [3.8, 4) is 0 Å². The van der Waals surface area contributed by atoms with Crippen LogP contribution in [0.1, 0.15) is 34.1 Å². The first-order valence-corrected chi connectivity index (χ1v) is 9.19. The zero-order chi connectivity index (χ0) is 20.5. The van der Waals surface area contributed by atoms with Crippen molar-refractivity contribution < 1.29 is 22.7 Å². The molecule has 0 N–H and O–H groups in total. The number of morpholine rings is 1. The second-order valence-corrected chi connectivity index (χ2v) is 7.14. The molecule has 2 aromatic rings. The Kier molecular flexibility index (Phi) is 5.79. The van der Waals surface area contributed by atoms with Gasteiger partial charge in [0.15, 0.2) is 0 Å². The summed E-state index contributed by atoms with van der Waals surface area (Å²) in [6.45, 7) is 5.15. The third kappa shape index (κ3) is 4.38. The molecule has 1 aliphatic heterocycles. The van der Waals surface area contributed by atoms with Gasteiger partial charge in [-0.05, 0) is 31.9 Å². The van der Waals surface area contributed by atoms with Gasteiger partial charge in [-0.15, -0.1) is 0 Å². The maximum absolute atomic E-state index is 13.0. The van der Waals surface area contributed by atoms with E-state index in [-0.39, 0.29) is 18.9 Å². The second kappa shape index (κ2) is 7.95. The molecule has 8 heteroatoms. The standard InChI is InChI=1S/C20H24F3N3O2/c1-13-6-4-5-7-16(13)10-18(27)25-8-9-28-11-17(25)19-14(2)24-26(15(19)3)12-20(21,22)23/h4-7,17H,8-12H2,1-3H3/t17-/m1/s1. The summed E-state index contributed by atoms with van der Waals surface area (Å²) in [6, 6.07) is 7.24. The van der Waals surface area contributed by atoms with E-state index in [0.717, 1.165) is 15.8 Å². The molecule has 3 rings (SSSR count). The van der Waals surface area contributed by atoms with E-state index in [0.29, 0.717) is 30.1 Å². The Morgan fingerprint density at radius 3 is 2.64 bits per heavy atom. The van der Waals surface area contributed by atoms with Gasteiger partial charge >= 0.3 is 6.18 Å². The number of benzene rings is 1. The van der Waals surface area contributed by atoms with Crippen LogP contribution in [-0.4, -0.2) is 46.5 Å². The van der Waals surface area contributed by atoms with E-state index >= 15 is 0 Å². The number of halogens is 3. The summed E-state index contributed by atoms with van der Waals surface area (Å²) in [6.07, 6.45) is -4.11. The number of hydrogen-bond acceptors (Lipinski definition) is 3. The number of ether oxygens (including phenoxy) is 1. The molecule has 28 heavy (non-hydrogen) atoms. The lowest BCUT2D eigenvalue weighted by Crippen LogP contribution is -2.44. The number of carbonyl (C=O) groups excluding carboxylic acids is 1. The molecule has 0 radical (unpaired) electrons. The fourth-order valence-corrected chi connectivity index (χ4v) is 3.73. The zero-order valence-corrected chi connectivity index (χ0v) is 16.2. The van der Waals surface area contributed by atoms with Crippen molar-refractivity contribution in [1.82, 2.24) is 14.7 Å². The number of aromatic nitrogens is 2. The van der Waals surface area contributed by atoms with Crippen molar-refractivity contribution in [3.63, 3.8) is 0 Å². The van der Waals surface area contributed by atoms with Gasteiger partial charge in [0.1, 0.15) is 6.54 Å². The van der Waals surface area contributed by atoms with Crippen molar-refractivity contribution >= 4 is 5.91 Å². The Balaban J connectivity index is 1.88. The van der Waals surface area contributed by atoms with E-state index < -0.39 is 18.8 Å². The Labute approximate surface area is 162 Å². The normalized spacial score (nSPS) is 17.8. The molecular weight excluding hydrogens is 371 g/mol. The summed E-state index contributed by atoms with van der Waals surface area (Å²) >= 11 is 0. The number of alkyl halides is 3. The van der Waals surface area contributed by atoms with Crippen LogP contribution in [0.3, 0.4) is 0 Å². The lowest BCUT2D eigenvalue weighted by Gasteiger charge is -2.36. The average molecular weight is 395 g/mol. The lowest BCUT2D eigenvalue weighted by atomic mass is 10.0. The van der Waals surface area contributed by atoms with Crippen LogP contribution >= 0.6 is 0 Å². The molecule has 5 nitrogen and oxygen atoms in total. The molecule has 1 atom stereocenters. The van der Waals surface area contributed by atoms with Crippen LogP contribution in [0.2, 0.25) is 0 Å². The highest BCUT2D eigenvalue weighted by atomic mass is 19.4. The van der Waals surface area contributed by atoms with Gasteiger partial charge in [-0.25, -0.2) is 0 Å². The molecule has 0 aliphatic carbocycles. The smallest absolute Gasteiger partial charge is 0.377 e. The molecule has 0 bridgehead atoms. The summed E-state index contributed by atoms with van der Waals surface area (Å²) in [5.41, 5.74) is 3.53. The molecule has 152 valence electrons. The molecule has 0 saturated carbocycles. The highest BCUT2D eigenvalue weighted by Crippen LogP contribution is 2.31. The largest absolute Gasteiger partial charge is 0.408 e. The van der Waals surface area contributed by atoms with Crippen molar-refractivity contribution in [1.29, 1.82) is 0 Å². The first-order valence-electron chi connectivity index (χ1n) is 9.19. The Morgan fingerprint density at radius 2 is 1.96 bits per heavy atom. The molecule has 0 unspecified atom stereocenters. The van der Waals surface area contributed by atoms with Crippen molar-refractivity contribution in [3.05, 3.63) is 52.3 Å². The van der Waals surface area contributed by atoms with Crippen LogP contribution in [0.4, 0.5) is 13.2 Å². The van der Waals surface area contributed by atoms with Crippen LogP contribution in [0.15, 0.2) is 24.3 Å². The van der Waals surface area contributed by atoms with Crippen molar-refractivity contribution in [2.24, 2.45) is 0 Å². The Hall–Kier alpha value is -2.35. The molecule has 1 saturated heterocycles. The number of nitrogens with zero attached hydrogens (tertiary/aromatic N) is 3. The highest BCUT2D eigenvalue weighted by Gasteiger charge is 2.35. The quantitative estimate of drug-likeness (QED) is 0.796. The van der Waals surface area contributed by atoms with E-state index in [1.165, 1.54) is 0 Å². The zero-order valence-electron chi connectivity index (χ0n) is 16.2. The molecule has 1 aromatic heterocycles. The summed E-state index contributed by atoms with van der Waals surface area (Å²) in [5.74, 6) is -0.0648. The molecular formula is C20H24F3N3O2. The second-order valence-electron chi connectivity index (χ2n) is 7.14. The van der Waals surface area contributed by atoms with E-state index in [9.17, 15) is 18.0 Å². The number of amides is 1. The van der Waals surface area contributed by atoms with Gasteiger partial charge in [0, 0.05) is 17.8 Å². The van der Waals surface area contributed by atoms with Crippen LogP contribution in [-0.2, 0) is 22.5 Å². The predicted octanol–water partition coefficient (Wildman–Crippen LogP) is 3.51. The minimum atomic E-state index is -4.36. The van der Waals surface area contributed by atoms with Crippen molar-refractivity contribution in [2.45, 2.75) is 46.0 Å². The number of hydrogen-bond donors (Lipinski definition) is 0. The van der Waals surface area contributed by atoms with Gasteiger partial charge in [-0.2, -0.15) is 18.3 Å². The monoisotopic (exact) mass is 395 g/mol. The van der Waals surface area contributed by atoms with Gasteiger partial charge in [-0.3, -0.25) is 9.48 Å². The third-order valence-corrected chi connectivity index (χ3v) is 5.15. The number of carbonyl (C=O) groups is 1. The Morgan fingerprint density at radius 1 is 1.25 bits per heavy atom. The van der Waals surface area contributed by atoms with E-state index in [4.69, 9.17) is 4.74 Å². The maximum atomic E-state index is 13.0. The van der Waals surface area contributed by atoms with E-state index in [2.05, 4.69) is 5.10 Å². The molecule has 1 amide bonds. The van der Waals surface area contributed by atoms with Crippen LogP contribution in [0.25, 0.3) is 0 Å². The van der Waals surface area contributed by atoms with Crippen molar-refractivity contribution in [2.75, 3.05) is 19.8 Å². The van der Waals surface area contributed by atoms with Crippen LogP contribution < -0.4 is 0 Å². The van der Waals surface area contributed by atoms with Gasteiger partial charge in [0.2, 0.25) is 5.91 Å². The van der Waals surface area contributed by atoms with Gasteiger partial charge in [0.05, 0.1) is 31.4 Å². The van der Waals surface area contributed by atoms with Gasteiger partial charge in [0.25, 0.3) is 0 Å². The lowest BCUT2D eigenvalue weighted by molar-refractivity contribution is -0.143.